The highest BCUT2D eigenvalue weighted by Gasteiger charge is 2.11. The summed E-state index contributed by atoms with van der Waals surface area (Å²) in [5.74, 6) is 1.49. The quantitative estimate of drug-likeness (QED) is 0.441. The molecule has 1 heterocycles. The van der Waals surface area contributed by atoms with E-state index in [-0.39, 0.29) is 0 Å². The largest absolute Gasteiger partial charge is 0.354 e. The molecular formula is C13H22N4S2. The topological polar surface area (TPSA) is 50.7 Å². The molecule has 4 nitrogen and oxygen atoms in total. The van der Waals surface area contributed by atoms with Crippen molar-refractivity contribution in [1.82, 2.24) is 15.0 Å². The van der Waals surface area contributed by atoms with Crippen LogP contribution in [0.4, 0.5) is 5.95 Å². The van der Waals surface area contributed by atoms with Crippen molar-refractivity contribution in [3.63, 3.8) is 0 Å². The fourth-order valence-electron chi connectivity index (χ4n) is 2.68. The maximum Gasteiger partial charge on any atom is 0.227 e. The molecule has 0 aromatic carbocycles. The minimum Gasteiger partial charge on any atom is -0.354 e. The predicted octanol–water partition coefficient (Wildman–Crippen LogP) is 3.61. The Morgan fingerprint density at radius 2 is 1.58 bits per heavy atom. The maximum atomic E-state index is 4.12. The van der Waals surface area contributed by atoms with Gasteiger partial charge >= 0.3 is 0 Å². The van der Waals surface area contributed by atoms with Crippen LogP contribution >= 0.6 is 25.3 Å². The van der Waals surface area contributed by atoms with Gasteiger partial charge < -0.3 is 5.32 Å². The second kappa shape index (κ2) is 7.94. The second-order valence-electron chi connectivity index (χ2n) is 5.19. The van der Waals surface area contributed by atoms with Crippen LogP contribution in [0.15, 0.2) is 10.3 Å². The maximum absolute atomic E-state index is 4.12. The third-order valence-corrected chi connectivity index (χ3v) is 4.06. The van der Waals surface area contributed by atoms with Crippen LogP contribution in [-0.4, -0.2) is 21.5 Å². The van der Waals surface area contributed by atoms with Gasteiger partial charge in [0.15, 0.2) is 10.3 Å². The number of rotatable bonds is 5. The highest BCUT2D eigenvalue weighted by molar-refractivity contribution is 7.80. The van der Waals surface area contributed by atoms with Gasteiger partial charge in [-0.3, -0.25) is 0 Å². The lowest BCUT2D eigenvalue weighted by Crippen LogP contribution is -2.09. The van der Waals surface area contributed by atoms with Gasteiger partial charge in [-0.05, 0) is 18.8 Å². The zero-order valence-corrected chi connectivity index (χ0v) is 13.0. The van der Waals surface area contributed by atoms with Crippen molar-refractivity contribution in [3.05, 3.63) is 0 Å². The summed E-state index contributed by atoms with van der Waals surface area (Å²) in [7, 11) is 0. The van der Waals surface area contributed by atoms with Crippen LogP contribution in [0.2, 0.25) is 0 Å². The smallest absolute Gasteiger partial charge is 0.227 e. The van der Waals surface area contributed by atoms with Crippen molar-refractivity contribution in [1.29, 1.82) is 0 Å². The molecule has 1 aromatic rings. The van der Waals surface area contributed by atoms with E-state index in [0.717, 1.165) is 12.5 Å². The van der Waals surface area contributed by atoms with E-state index in [1.807, 2.05) is 0 Å². The summed E-state index contributed by atoms with van der Waals surface area (Å²) in [6.07, 6.45) is 11.0. The molecule has 1 aromatic heterocycles. The lowest BCUT2D eigenvalue weighted by molar-refractivity contribution is 0.420. The lowest BCUT2D eigenvalue weighted by atomic mass is 9.95. The Morgan fingerprint density at radius 3 is 2.21 bits per heavy atom. The van der Waals surface area contributed by atoms with Gasteiger partial charge in [0, 0.05) is 6.54 Å². The first kappa shape index (κ1) is 14.9. The number of aromatic nitrogens is 3. The SMILES string of the molecule is Sc1nc(S)nc(NCCCC2CCCCCC2)n1. The summed E-state index contributed by atoms with van der Waals surface area (Å²) in [6, 6.07) is 0. The van der Waals surface area contributed by atoms with Crippen LogP contribution in [0.1, 0.15) is 51.4 Å². The predicted molar refractivity (Wildman–Crippen MR) is 83.2 cm³/mol. The van der Waals surface area contributed by atoms with E-state index < -0.39 is 0 Å². The number of nitrogens with one attached hydrogen (secondary N) is 1. The highest BCUT2D eigenvalue weighted by Crippen LogP contribution is 2.26. The standard InChI is InChI=1S/C13H22N4S2/c18-12-15-11(16-13(19)17-12)14-9-5-8-10-6-3-1-2-4-7-10/h10H,1-9H2,(H3,14,15,16,17,18,19). The number of nitrogens with zero attached hydrogens (tertiary/aromatic N) is 3. The van der Waals surface area contributed by atoms with Crippen molar-refractivity contribution in [2.45, 2.75) is 61.7 Å². The summed E-state index contributed by atoms with van der Waals surface area (Å²) in [5, 5.41) is 4.04. The van der Waals surface area contributed by atoms with E-state index in [0.29, 0.717) is 16.3 Å². The highest BCUT2D eigenvalue weighted by atomic mass is 32.1. The Bertz CT molecular complexity index is 372. The van der Waals surface area contributed by atoms with E-state index >= 15 is 0 Å². The Balaban J connectivity index is 1.68. The van der Waals surface area contributed by atoms with Crippen LogP contribution in [-0.2, 0) is 0 Å². The van der Waals surface area contributed by atoms with Crippen LogP contribution < -0.4 is 5.32 Å². The monoisotopic (exact) mass is 298 g/mol. The van der Waals surface area contributed by atoms with Gasteiger partial charge in [-0.2, -0.15) is 15.0 Å². The molecule has 0 atom stereocenters. The first-order chi connectivity index (χ1) is 9.24. The molecule has 0 saturated heterocycles. The van der Waals surface area contributed by atoms with Gasteiger partial charge in [-0.25, -0.2) is 0 Å². The molecule has 0 aliphatic heterocycles. The van der Waals surface area contributed by atoms with Gasteiger partial charge in [-0.15, -0.1) is 25.3 Å². The van der Waals surface area contributed by atoms with Crippen LogP contribution in [0.25, 0.3) is 0 Å². The number of anilines is 1. The minimum absolute atomic E-state index is 0.409. The van der Waals surface area contributed by atoms with Gasteiger partial charge in [-0.1, -0.05) is 38.5 Å². The van der Waals surface area contributed by atoms with Crippen LogP contribution in [0.3, 0.4) is 0 Å². The zero-order valence-electron chi connectivity index (χ0n) is 11.2. The Kier molecular flexibility index (Phi) is 6.23. The molecule has 1 saturated carbocycles. The number of thiol groups is 2. The third kappa shape index (κ3) is 5.57. The normalized spacial score (nSPS) is 17.2. The zero-order chi connectivity index (χ0) is 13.5. The van der Waals surface area contributed by atoms with Crippen molar-refractivity contribution < 1.29 is 0 Å². The van der Waals surface area contributed by atoms with Crippen molar-refractivity contribution in [2.75, 3.05) is 11.9 Å². The molecule has 1 fully saturated rings. The van der Waals surface area contributed by atoms with E-state index in [4.69, 9.17) is 0 Å². The van der Waals surface area contributed by atoms with E-state index in [1.54, 1.807) is 0 Å². The summed E-state index contributed by atoms with van der Waals surface area (Å²) >= 11 is 8.23. The van der Waals surface area contributed by atoms with Gasteiger partial charge in [0.05, 0.1) is 0 Å². The van der Waals surface area contributed by atoms with E-state index in [9.17, 15) is 0 Å². The summed E-state index contributed by atoms with van der Waals surface area (Å²) in [4.78, 5) is 12.1. The Labute approximate surface area is 126 Å². The second-order valence-corrected chi connectivity index (χ2v) is 5.99. The van der Waals surface area contributed by atoms with Gasteiger partial charge in [0.2, 0.25) is 5.95 Å². The molecule has 19 heavy (non-hydrogen) atoms. The van der Waals surface area contributed by atoms with Gasteiger partial charge in [0.25, 0.3) is 0 Å². The molecule has 0 amide bonds. The average molecular weight is 298 g/mol. The molecule has 106 valence electrons. The van der Waals surface area contributed by atoms with E-state index in [1.165, 1.54) is 51.4 Å². The lowest BCUT2D eigenvalue weighted by Gasteiger charge is -2.13. The molecule has 0 unspecified atom stereocenters. The molecule has 1 N–H and O–H groups in total. The number of hydrogen-bond acceptors (Lipinski definition) is 6. The molecule has 0 bridgehead atoms. The summed E-state index contributed by atoms with van der Waals surface area (Å²) in [6.45, 7) is 0.904. The first-order valence-corrected chi connectivity index (χ1v) is 8.01. The summed E-state index contributed by atoms with van der Waals surface area (Å²) in [5.41, 5.74) is 0. The van der Waals surface area contributed by atoms with Crippen molar-refractivity contribution in [3.8, 4) is 0 Å². The molecule has 0 spiro atoms. The molecular weight excluding hydrogens is 276 g/mol. The average Bonchev–Trinajstić information content (AvgIpc) is 2.62. The molecule has 1 aliphatic carbocycles. The summed E-state index contributed by atoms with van der Waals surface area (Å²) < 4.78 is 0. The first-order valence-electron chi connectivity index (χ1n) is 7.12. The van der Waals surface area contributed by atoms with E-state index in [2.05, 4.69) is 45.5 Å². The Hall–Kier alpha value is -0.490. The number of hydrogen-bond donors (Lipinski definition) is 3. The third-order valence-electron chi connectivity index (χ3n) is 3.66. The fourth-order valence-corrected chi connectivity index (χ4v) is 3.13. The van der Waals surface area contributed by atoms with Crippen molar-refractivity contribution in [2.24, 2.45) is 5.92 Å². The van der Waals surface area contributed by atoms with Crippen LogP contribution in [0, 0.1) is 5.92 Å². The molecule has 0 radical (unpaired) electrons. The molecule has 2 rings (SSSR count). The van der Waals surface area contributed by atoms with Crippen molar-refractivity contribution >= 4 is 31.2 Å². The van der Waals surface area contributed by atoms with Gasteiger partial charge in [0.1, 0.15) is 0 Å². The molecule has 1 aliphatic rings. The molecule has 6 heteroatoms. The Morgan fingerprint density at radius 1 is 0.947 bits per heavy atom. The van der Waals surface area contributed by atoms with Crippen LogP contribution in [0.5, 0.6) is 0 Å². The fraction of sp³-hybridized carbons (Fsp3) is 0.769. The minimum atomic E-state index is 0.409.